The van der Waals surface area contributed by atoms with Gasteiger partial charge in [0.05, 0.1) is 6.61 Å². The number of nitrogens with two attached hydrogens (primary N) is 1. The van der Waals surface area contributed by atoms with Crippen LogP contribution in [0.15, 0.2) is 17.0 Å². The first-order valence-electron chi connectivity index (χ1n) is 6.08. The summed E-state index contributed by atoms with van der Waals surface area (Å²) < 4.78 is 58.2. The van der Waals surface area contributed by atoms with Crippen LogP contribution in [-0.4, -0.2) is 28.2 Å². The van der Waals surface area contributed by atoms with E-state index < -0.39 is 38.3 Å². The summed E-state index contributed by atoms with van der Waals surface area (Å²) in [5.41, 5.74) is 4.35. The van der Waals surface area contributed by atoms with Crippen LogP contribution in [0.1, 0.15) is 19.8 Å². The van der Waals surface area contributed by atoms with Crippen molar-refractivity contribution in [3.63, 3.8) is 0 Å². The molecule has 114 valence electrons. The molecule has 0 heterocycles. The van der Waals surface area contributed by atoms with Gasteiger partial charge in [0.1, 0.15) is 16.4 Å². The molecular weight excluding hydrogens is 290 g/mol. The van der Waals surface area contributed by atoms with Crippen LogP contribution in [0.5, 0.6) is 0 Å². The Kier molecular flexibility index (Phi) is 5.85. The quantitative estimate of drug-likeness (QED) is 0.750. The highest BCUT2D eigenvalue weighted by Crippen LogP contribution is 2.23. The van der Waals surface area contributed by atoms with Crippen LogP contribution in [-0.2, 0) is 14.8 Å². The number of hydrogen-bond donors (Lipinski definition) is 2. The molecule has 0 saturated heterocycles. The molecule has 5 nitrogen and oxygen atoms in total. The average molecular weight is 308 g/mol. The van der Waals surface area contributed by atoms with Crippen molar-refractivity contribution in [3.05, 3.63) is 23.8 Å². The van der Waals surface area contributed by atoms with E-state index >= 15 is 0 Å². The highest BCUT2D eigenvalue weighted by molar-refractivity contribution is 7.89. The minimum atomic E-state index is -4.13. The lowest BCUT2D eigenvalue weighted by Crippen LogP contribution is -2.38. The summed E-state index contributed by atoms with van der Waals surface area (Å²) in [7, 11) is -2.69. The topological polar surface area (TPSA) is 81.4 Å². The van der Waals surface area contributed by atoms with Gasteiger partial charge in [-0.2, -0.15) is 0 Å². The lowest BCUT2D eigenvalue weighted by molar-refractivity contribution is 0.171. The fourth-order valence-corrected chi connectivity index (χ4v) is 3.11. The molecule has 20 heavy (non-hydrogen) atoms. The summed E-state index contributed by atoms with van der Waals surface area (Å²) in [5, 5.41) is 0. The zero-order valence-electron chi connectivity index (χ0n) is 11.3. The SMILES string of the molecule is CCCC(COC)NS(=O)(=O)c1ccc(F)c(N)c1F. The Hall–Kier alpha value is -1.25. The molecular formula is C12H18F2N2O3S. The van der Waals surface area contributed by atoms with E-state index in [0.29, 0.717) is 6.42 Å². The molecule has 0 aliphatic rings. The van der Waals surface area contributed by atoms with Crippen LogP contribution in [0, 0.1) is 11.6 Å². The number of methoxy groups -OCH3 is 1. The van der Waals surface area contributed by atoms with Gasteiger partial charge in [-0.25, -0.2) is 21.9 Å². The normalized spacial score (nSPS) is 13.4. The van der Waals surface area contributed by atoms with E-state index in [-0.39, 0.29) is 6.61 Å². The van der Waals surface area contributed by atoms with Crippen molar-refractivity contribution < 1.29 is 21.9 Å². The molecule has 0 aromatic heterocycles. The number of rotatable bonds is 7. The van der Waals surface area contributed by atoms with Crippen LogP contribution in [0.3, 0.4) is 0 Å². The van der Waals surface area contributed by atoms with Gasteiger partial charge in [0.2, 0.25) is 10.0 Å². The smallest absolute Gasteiger partial charge is 0.243 e. The Morgan fingerprint density at radius 1 is 1.40 bits per heavy atom. The van der Waals surface area contributed by atoms with Gasteiger partial charge in [-0.15, -0.1) is 0 Å². The van der Waals surface area contributed by atoms with E-state index in [9.17, 15) is 17.2 Å². The summed E-state index contributed by atoms with van der Waals surface area (Å²) >= 11 is 0. The third-order valence-corrected chi connectivity index (χ3v) is 4.25. The third-order valence-electron chi connectivity index (χ3n) is 2.71. The van der Waals surface area contributed by atoms with Crippen LogP contribution in [0.4, 0.5) is 14.5 Å². The fourth-order valence-electron chi connectivity index (χ4n) is 1.77. The minimum absolute atomic E-state index is 0.158. The molecule has 0 aliphatic carbocycles. The van der Waals surface area contributed by atoms with E-state index in [2.05, 4.69) is 4.72 Å². The number of anilines is 1. The molecule has 1 aromatic carbocycles. The second-order valence-electron chi connectivity index (χ2n) is 4.34. The summed E-state index contributed by atoms with van der Waals surface area (Å²) in [6.07, 6.45) is 1.26. The highest BCUT2D eigenvalue weighted by atomic mass is 32.2. The molecule has 1 unspecified atom stereocenters. The molecule has 3 N–H and O–H groups in total. The van der Waals surface area contributed by atoms with E-state index in [0.717, 1.165) is 18.6 Å². The zero-order chi connectivity index (χ0) is 15.3. The van der Waals surface area contributed by atoms with Gasteiger partial charge in [0, 0.05) is 13.2 Å². The van der Waals surface area contributed by atoms with Crippen molar-refractivity contribution in [2.24, 2.45) is 0 Å². The third kappa shape index (κ3) is 3.87. The number of halogens is 2. The Morgan fingerprint density at radius 3 is 2.60 bits per heavy atom. The molecule has 0 aliphatic heterocycles. The Bertz CT molecular complexity index is 558. The van der Waals surface area contributed by atoms with Crippen molar-refractivity contribution in [2.75, 3.05) is 19.5 Å². The summed E-state index contributed by atoms with van der Waals surface area (Å²) in [5.74, 6) is -2.28. The second-order valence-corrected chi connectivity index (χ2v) is 6.02. The first-order valence-corrected chi connectivity index (χ1v) is 7.56. The Morgan fingerprint density at radius 2 is 2.05 bits per heavy atom. The number of ether oxygens (including phenoxy) is 1. The van der Waals surface area contributed by atoms with Gasteiger partial charge in [-0.3, -0.25) is 0 Å². The van der Waals surface area contributed by atoms with Gasteiger partial charge < -0.3 is 10.5 Å². The number of hydrogen-bond acceptors (Lipinski definition) is 4. The molecule has 1 rings (SSSR count). The maximum Gasteiger partial charge on any atom is 0.243 e. The van der Waals surface area contributed by atoms with E-state index in [1.807, 2.05) is 6.92 Å². The van der Waals surface area contributed by atoms with Crippen LogP contribution in [0.25, 0.3) is 0 Å². The summed E-state index contributed by atoms with van der Waals surface area (Å²) in [6, 6.07) is 1.18. The van der Waals surface area contributed by atoms with Gasteiger partial charge >= 0.3 is 0 Å². The number of nitrogens with one attached hydrogen (secondary N) is 1. The number of sulfonamides is 1. The first-order chi connectivity index (χ1) is 9.33. The van der Waals surface area contributed by atoms with Crippen LogP contribution >= 0.6 is 0 Å². The Balaban J connectivity index is 3.07. The maximum atomic E-state index is 13.8. The number of nitrogen functional groups attached to an aromatic ring is 1. The van der Waals surface area contributed by atoms with Crippen LogP contribution in [0.2, 0.25) is 0 Å². The van der Waals surface area contributed by atoms with Gasteiger partial charge in [-0.05, 0) is 18.6 Å². The molecule has 0 saturated carbocycles. The summed E-state index contributed by atoms with van der Waals surface area (Å²) in [6.45, 7) is 2.04. The largest absolute Gasteiger partial charge is 0.394 e. The van der Waals surface area contributed by atoms with Gasteiger partial charge in [-0.1, -0.05) is 13.3 Å². The Labute approximate surface area is 117 Å². The molecule has 0 bridgehead atoms. The van der Waals surface area contributed by atoms with Crippen LogP contribution < -0.4 is 10.5 Å². The lowest BCUT2D eigenvalue weighted by atomic mass is 10.2. The van der Waals surface area contributed by atoms with Gasteiger partial charge in [0.15, 0.2) is 5.82 Å². The fraction of sp³-hybridized carbons (Fsp3) is 0.500. The second kappa shape index (κ2) is 6.96. The first kappa shape index (κ1) is 16.8. The number of benzene rings is 1. The van der Waals surface area contributed by atoms with Crippen molar-refractivity contribution >= 4 is 15.7 Å². The van der Waals surface area contributed by atoms with E-state index in [1.54, 1.807) is 0 Å². The summed E-state index contributed by atoms with van der Waals surface area (Å²) in [4.78, 5) is -0.673. The molecule has 0 radical (unpaired) electrons. The predicted octanol–water partition coefficient (Wildman–Crippen LogP) is 1.64. The highest BCUT2D eigenvalue weighted by Gasteiger charge is 2.25. The molecule has 1 aromatic rings. The van der Waals surface area contributed by atoms with Crippen molar-refractivity contribution in [1.82, 2.24) is 4.72 Å². The molecule has 0 spiro atoms. The monoisotopic (exact) mass is 308 g/mol. The lowest BCUT2D eigenvalue weighted by Gasteiger charge is -2.17. The van der Waals surface area contributed by atoms with Crippen molar-refractivity contribution in [3.8, 4) is 0 Å². The standard InChI is InChI=1S/C12H18F2N2O3S/c1-3-4-8(7-19-2)16-20(17,18)10-6-5-9(13)12(15)11(10)14/h5-6,8,16H,3-4,7,15H2,1-2H3. The predicted molar refractivity (Wildman–Crippen MR) is 71.7 cm³/mol. The average Bonchev–Trinajstić information content (AvgIpc) is 2.36. The molecule has 1 atom stereocenters. The zero-order valence-corrected chi connectivity index (χ0v) is 12.1. The van der Waals surface area contributed by atoms with Crippen molar-refractivity contribution in [2.45, 2.75) is 30.7 Å². The van der Waals surface area contributed by atoms with E-state index in [4.69, 9.17) is 10.5 Å². The minimum Gasteiger partial charge on any atom is -0.394 e. The molecule has 0 amide bonds. The maximum absolute atomic E-state index is 13.8. The van der Waals surface area contributed by atoms with Crippen molar-refractivity contribution in [1.29, 1.82) is 0 Å². The van der Waals surface area contributed by atoms with E-state index in [1.165, 1.54) is 7.11 Å². The molecule has 8 heteroatoms. The van der Waals surface area contributed by atoms with Gasteiger partial charge in [0.25, 0.3) is 0 Å². The molecule has 0 fully saturated rings.